The van der Waals surface area contributed by atoms with Crippen molar-refractivity contribution in [3.8, 4) is 0 Å². The molecule has 2 atom stereocenters. The molecule has 1 aromatic rings. The SMILES string of the molecule is CCC(C)C(C)C/C=C/Cc1ccccc1. The molecule has 0 spiro atoms. The van der Waals surface area contributed by atoms with Crippen LogP contribution in [-0.2, 0) is 6.42 Å². The molecule has 0 heteroatoms. The van der Waals surface area contributed by atoms with Gasteiger partial charge in [-0.05, 0) is 30.2 Å². The van der Waals surface area contributed by atoms with Gasteiger partial charge in [-0.1, -0.05) is 69.7 Å². The third-order valence-corrected chi connectivity index (χ3v) is 3.49. The van der Waals surface area contributed by atoms with Crippen LogP contribution in [0.3, 0.4) is 0 Å². The third-order valence-electron chi connectivity index (χ3n) is 3.49. The molecule has 0 aliphatic rings. The molecule has 0 heterocycles. The van der Waals surface area contributed by atoms with E-state index in [0.29, 0.717) is 0 Å². The summed E-state index contributed by atoms with van der Waals surface area (Å²) in [5.74, 6) is 1.64. The first kappa shape index (κ1) is 13.0. The highest BCUT2D eigenvalue weighted by molar-refractivity contribution is 5.17. The van der Waals surface area contributed by atoms with E-state index in [-0.39, 0.29) is 0 Å². The van der Waals surface area contributed by atoms with Gasteiger partial charge in [-0.25, -0.2) is 0 Å². The Balaban J connectivity index is 2.28. The minimum atomic E-state index is 0.803. The van der Waals surface area contributed by atoms with Crippen LogP contribution >= 0.6 is 0 Å². The molecule has 2 unspecified atom stereocenters. The van der Waals surface area contributed by atoms with Crippen LogP contribution in [-0.4, -0.2) is 0 Å². The lowest BCUT2D eigenvalue weighted by molar-refractivity contribution is 0.380. The zero-order chi connectivity index (χ0) is 11.8. The summed E-state index contributed by atoms with van der Waals surface area (Å²) < 4.78 is 0. The molecule has 0 aliphatic carbocycles. The highest BCUT2D eigenvalue weighted by Crippen LogP contribution is 2.18. The van der Waals surface area contributed by atoms with Crippen molar-refractivity contribution in [3.05, 3.63) is 48.0 Å². The normalized spacial score (nSPS) is 15.2. The first-order valence-corrected chi connectivity index (χ1v) is 6.43. The minimum absolute atomic E-state index is 0.803. The Kier molecular flexibility index (Phi) is 5.92. The number of hydrogen-bond donors (Lipinski definition) is 0. The van der Waals surface area contributed by atoms with Crippen LogP contribution < -0.4 is 0 Å². The smallest absolute Gasteiger partial charge is 0.00975 e. The van der Waals surface area contributed by atoms with Crippen LogP contribution in [0.5, 0.6) is 0 Å². The zero-order valence-electron chi connectivity index (χ0n) is 10.8. The van der Waals surface area contributed by atoms with Crippen molar-refractivity contribution in [2.75, 3.05) is 0 Å². The van der Waals surface area contributed by atoms with E-state index in [1.54, 1.807) is 0 Å². The molecule has 0 saturated carbocycles. The molecule has 0 aliphatic heterocycles. The van der Waals surface area contributed by atoms with Crippen LogP contribution in [0.2, 0.25) is 0 Å². The standard InChI is InChI=1S/C16H24/c1-4-14(2)15(3)10-8-9-13-16-11-6-5-7-12-16/h5-9,11-12,14-15H,4,10,13H2,1-3H3/b9-8+. The van der Waals surface area contributed by atoms with Crippen LogP contribution in [0, 0.1) is 11.8 Å². The summed E-state index contributed by atoms with van der Waals surface area (Å²) in [4.78, 5) is 0. The lowest BCUT2D eigenvalue weighted by Gasteiger charge is -2.15. The Hall–Kier alpha value is -1.04. The average molecular weight is 216 g/mol. The van der Waals surface area contributed by atoms with Gasteiger partial charge in [0.2, 0.25) is 0 Å². The van der Waals surface area contributed by atoms with E-state index in [9.17, 15) is 0 Å². The van der Waals surface area contributed by atoms with Gasteiger partial charge >= 0.3 is 0 Å². The largest absolute Gasteiger partial charge is 0.0879 e. The van der Waals surface area contributed by atoms with E-state index in [0.717, 1.165) is 18.3 Å². The second-order valence-electron chi connectivity index (χ2n) is 4.76. The third kappa shape index (κ3) is 4.65. The molecule has 0 saturated heterocycles. The van der Waals surface area contributed by atoms with Crippen LogP contribution in [0.25, 0.3) is 0 Å². The van der Waals surface area contributed by atoms with Gasteiger partial charge in [-0.2, -0.15) is 0 Å². The summed E-state index contributed by atoms with van der Waals surface area (Å²) >= 11 is 0. The summed E-state index contributed by atoms with van der Waals surface area (Å²) in [5, 5.41) is 0. The fourth-order valence-electron chi connectivity index (χ4n) is 1.78. The molecule has 0 nitrogen and oxygen atoms in total. The van der Waals surface area contributed by atoms with E-state index in [1.165, 1.54) is 18.4 Å². The van der Waals surface area contributed by atoms with Crippen molar-refractivity contribution in [3.63, 3.8) is 0 Å². The Morgan fingerprint density at radius 3 is 2.31 bits per heavy atom. The van der Waals surface area contributed by atoms with Crippen molar-refractivity contribution in [2.24, 2.45) is 11.8 Å². The van der Waals surface area contributed by atoms with Gasteiger partial charge < -0.3 is 0 Å². The van der Waals surface area contributed by atoms with Crippen LogP contribution in [0.4, 0.5) is 0 Å². The van der Waals surface area contributed by atoms with E-state index >= 15 is 0 Å². The van der Waals surface area contributed by atoms with E-state index in [2.05, 4.69) is 63.3 Å². The van der Waals surface area contributed by atoms with E-state index in [4.69, 9.17) is 0 Å². The fourth-order valence-corrected chi connectivity index (χ4v) is 1.78. The molecule has 0 radical (unpaired) electrons. The first-order chi connectivity index (χ1) is 7.74. The lowest BCUT2D eigenvalue weighted by Crippen LogP contribution is -2.05. The lowest BCUT2D eigenvalue weighted by atomic mass is 9.90. The first-order valence-electron chi connectivity index (χ1n) is 6.43. The van der Waals surface area contributed by atoms with Crippen molar-refractivity contribution < 1.29 is 0 Å². The zero-order valence-corrected chi connectivity index (χ0v) is 10.8. The van der Waals surface area contributed by atoms with Crippen molar-refractivity contribution >= 4 is 0 Å². The van der Waals surface area contributed by atoms with Gasteiger partial charge in [0.1, 0.15) is 0 Å². The van der Waals surface area contributed by atoms with Gasteiger partial charge in [0.15, 0.2) is 0 Å². The number of allylic oxidation sites excluding steroid dienone is 2. The Morgan fingerprint density at radius 2 is 1.69 bits per heavy atom. The molecule has 1 rings (SSSR count). The fraction of sp³-hybridized carbons (Fsp3) is 0.500. The highest BCUT2D eigenvalue weighted by atomic mass is 14.1. The van der Waals surface area contributed by atoms with Crippen molar-refractivity contribution in [1.29, 1.82) is 0 Å². The molecular formula is C16H24. The van der Waals surface area contributed by atoms with E-state index < -0.39 is 0 Å². The van der Waals surface area contributed by atoms with Gasteiger partial charge in [-0.15, -0.1) is 0 Å². The quantitative estimate of drug-likeness (QED) is 0.596. The summed E-state index contributed by atoms with van der Waals surface area (Å²) in [5.41, 5.74) is 1.40. The Labute approximate surface area is 100 Å². The van der Waals surface area contributed by atoms with Gasteiger partial charge in [0.25, 0.3) is 0 Å². The molecular weight excluding hydrogens is 192 g/mol. The molecule has 1 aromatic carbocycles. The molecule has 0 amide bonds. The summed E-state index contributed by atoms with van der Waals surface area (Å²) in [7, 11) is 0. The second-order valence-corrected chi connectivity index (χ2v) is 4.76. The summed E-state index contributed by atoms with van der Waals surface area (Å²) in [6, 6.07) is 10.6. The van der Waals surface area contributed by atoms with Gasteiger partial charge in [0.05, 0.1) is 0 Å². The second kappa shape index (κ2) is 7.27. The predicted molar refractivity (Wildman–Crippen MR) is 72.5 cm³/mol. The maximum Gasteiger partial charge on any atom is -0.00975 e. The molecule has 88 valence electrons. The minimum Gasteiger partial charge on any atom is -0.0879 e. The number of rotatable bonds is 6. The molecule has 0 fully saturated rings. The summed E-state index contributed by atoms with van der Waals surface area (Å²) in [6.07, 6.45) is 8.20. The Bertz CT molecular complexity index is 297. The van der Waals surface area contributed by atoms with Crippen LogP contribution in [0.1, 0.15) is 39.2 Å². The average Bonchev–Trinajstić information content (AvgIpc) is 2.34. The monoisotopic (exact) mass is 216 g/mol. The van der Waals surface area contributed by atoms with Gasteiger partial charge in [0, 0.05) is 0 Å². The molecule has 16 heavy (non-hydrogen) atoms. The Morgan fingerprint density at radius 1 is 1.00 bits per heavy atom. The van der Waals surface area contributed by atoms with E-state index in [1.807, 2.05) is 0 Å². The summed E-state index contributed by atoms with van der Waals surface area (Å²) in [6.45, 7) is 6.96. The topological polar surface area (TPSA) is 0 Å². The maximum absolute atomic E-state index is 2.35. The number of benzene rings is 1. The molecule has 0 N–H and O–H groups in total. The van der Waals surface area contributed by atoms with Gasteiger partial charge in [-0.3, -0.25) is 0 Å². The molecule has 0 aromatic heterocycles. The van der Waals surface area contributed by atoms with Crippen molar-refractivity contribution in [2.45, 2.75) is 40.0 Å². The maximum atomic E-state index is 2.35. The molecule has 0 bridgehead atoms. The van der Waals surface area contributed by atoms with Crippen LogP contribution in [0.15, 0.2) is 42.5 Å². The number of hydrogen-bond acceptors (Lipinski definition) is 0. The highest BCUT2D eigenvalue weighted by Gasteiger charge is 2.07. The van der Waals surface area contributed by atoms with Crippen molar-refractivity contribution in [1.82, 2.24) is 0 Å². The predicted octanol–water partition coefficient (Wildman–Crippen LogP) is 4.86.